The summed E-state index contributed by atoms with van der Waals surface area (Å²) in [5.74, 6) is -0.482. The minimum atomic E-state index is -0.651. The maximum atomic E-state index is 14.6. The number of amides is 1. The molecule has 1 amide bonds. The number of rotatable bonds is 20. The molecule has 0 unspecified atom stereocenters. The number of nitrogens with one attached hydrogen (secondary N) is 1. The highest BCUT2D eigenvalue weighted by atomic mass is 16.5. The van der Waals surface area contributed by atoms with Crippen LogP contribution in [0.15, 0.2) is 28.9 Å². The number of hydrazine groups is 1. The maximum Gasteiger partial charge on any atom is 0.356 e. The average Bonchev–Trinajstić information content (AvgIpc) is 3.39. The van der Waals surface area contributed by atoms with Crippen LogP contribution in [0.4, 0.5) is 0 Å². The summed E-state index contributed by atoms with van der Waals surface area (Å²) in [4.78, 5) is 50.1. The Balaban J connectivity index is 2.42. The van der Waals surface area contributed by atoms with Gasteiger partial charge in [0.2, 0.25) is 0 Å². The summed E-state index contributed by atoms with van der Waals surface area (Å²) in [6.07, 6.45) is 9.09. The lowest BCUT2D eigenvalue weighted by atomic mass is 9.90. The van der Waals surface area contributed by atoms with Crippen LogP contribution < -0.4 is 5.43 Å². The number of aliphatic imine (C=N–C) groups is 1. The van der Waals surface area contributed by atoms with E-state index in [-0.39, 0.29) is 42.3 Å². The van der Waals surface area contributed by atoms with Gasteiger partial charge in [-0.15, -0.1) is 5.43 Å². The van der Waals surface area contributed by atoms with Crippen LogP contribution in [0.5, 0.6) is 0 Å². The molecule has 0 spiro atoms. The van der Waals surface area contributed by atoms with Gasteiger partial charge in [0.25, 0.3) is 12.1 Å². The number of ether oxygens (including phenoxy) is 2. The van der Waals surface area contributed by atoms with Gasteiger partial charge in [0.15, 0.2) is 6.04 Å². The van der Waals surface area contributed by atoms with Crippen LogP contribution in [0.2, 0.25) is 0 Å². The molecule has 0 bridgehead atoms. The molecule has 0 saturated carbocycles. The minimum absolute atomic E-state index is 0.0446. The van der Waals surface area contributed by atoms with Gasteiger partial charge in [-0.3, -0.25) is 4.79 Å². The summed E-state index contributed by atoms with van der Waals surface area (Å²) in [5.41, 5.74) is 4.56. The first-order valence-corrected chi connectivity index (χ1v) is 17.0. The number of carbonyl (C=O) groups is 2. The molecule has 1 fully saturated rings. The molecule has 10 nitrogen and oxygen atoms in total. The molecule has 1 N–H and O–H groups in total. The molecule has 0 aromatic rings. The number of hydrogen-bond acceptors (Lipinski definition) is 7. The van der Waals surface area contributed by atoms with E-state index in [4.69, 9.17) is 9.47 Å². The van der Waals surface area contributed by atoms with E-state index in [1.165, 1.54) is 0 Å². The summed E-state index contributed by atoms with van der Waals surface area (Å²) in [6, 6.07) is -0.838. The number of esters is 1. The number of nitrogens with zero attached hydrogens (tertiary/aromatic N) is 4. The molecular formula is C34H60N5O5+. The lowest BCUT2D eigenvalue weighted by Gasteiger charge is -2.39. The van der Waals surface area contributed by atoms with Gasteiger partial charge in [0, 0.05) is 32.2 Å². The first-order valence-electron chi connectivity index (χ1n) is 17.0. The summed E-state index contributed by atoms with van der Waals surface area (Å²) in [5, 5.41) is 0. The average molecular weight is 619 g/mol. The van der Waals surface area contributed by atoms with E-state index < -0.39 is 18.1 Å². The second kappa shape index (κ2) is 19.0. The highest BCUT2D eigenvalue weighted by Crippen LogP contribution is 2.27. The van der Waals surface area contributed by atoms with Crippen molar-refractivity contribution >= 4 is 17.6 Å². The highest BCUT2D eigenvalue weighted by molar-refractivity contribution is 6.12. The number of likely N-dealkylation sites (tertiary alicyclic amines) is 1. The molecule has 5 atom stereocenters. The fourth-order valence-electron chi connectivity index (χ4n) is 6.07. The maximum absolute atomic E-state index is 14.6. The van der Waals surface area contributed by atoms with Gasteiger partial charge in [0.05, 0.1) is 17.2 Å². The first-order chi connectivity index (χ1) is 21.0. The van der Waals surface area contributed by atoms with Crippen LogP contribution >= 0.6 is 0 Å². The summed E-state index contributed by atoms with van der Waals surface area (Å²) >= 11 is 0. The summed E-state index contributed by atoms with van der Waals surface area (Å²) < 4.78 is 11.4. The van der Waals surface area contributed by atoms with Gasteiger partial charge < -0.3 is 14.4 Å². The Labute approximate surface area is 266 Å². The number of unbranched alkanes of at least 4 members (excludes halogenated alkanes) is 3. The number of hydrogen-bond donors (Lipinski definition) is 1. The van der Waals surface area contributed by atoms with E-state index in [1.54, 1.807) is 13.0 Å². The van der Waals surface area contributed by atoms with Gasteiger partial charge in [0.1, 0.15) is 16.7 Å². The Morgan fingerprint density at radius 3 is 2.45 bits per heavy atom. The normalized spacial score (nSPS) is 20.0. The van der Waals surface area contributed by atoms with Gasteiger partial charge in [-0.1, -0.05) is 66.9 Å². The Morgan fingerprint density at radius 1 is 1.14 bits per heavy atom. The van der Waals surface area contributed by atoms with E-state index in [9.17, 15) is 14.5 Å². The van der Waals surface area contributed by atoms with Crippen molar-refractivity contribution < 1.29 is 23.9 Å². The zero-order valence-electron chi connectivity index (χ0n) is 28.8. The van der Waals surface area contributed by atoms with Crippen molar-refractivity contribution in [3.8, 4) is 0 Å². The molecule has 2 heterocycles. The molecule has 2 aliphatic heterocycles. The number of piperidine rings is 1. The Bertz CT molecular complexity index is 1030. The van der Waals surface area contributed by atoms with E-state index in [0.717, 1.165) is 62.8 Å². The second-order valence-corrected chi connectivity index (χ2v) is 12.6. The van der Waals surface area contributed by atoms with Crippen LogP contribution in [0, 0.1) is 16.7 Å². The van der Waals surface area contributed by atoms with Crippen LogP contribution in [-0.2, 0) is 19.1 Å². The number of allylic oxidation sites excluding steroid dienone is 1. The molecule has 2 aliphatic rings. The van der Waals surface area contributed by atoms with Gasteiger partial charge in [-0.2, -0.15) is 0 Å². The third-order valence-electron chi connectivity index (χ3n) is 8.95. The van der Waals surface area contributed by atoms with Crippen molar-refractivity contribution in [2.45, 2.75) is 131 Å². The predicted molar refractivity (Wildman–Crippen MR) is 176 cm³/mol. The zero-order chi connectivity index (χ0) is 32.8. The highest BCUT2D eigenvalue weighted by Gasteiger charge is 2.41. The largest absolute Gasteiger partial charge is 0.461 e. The molecule has 0 aromatic carbocycles. The third kappa shape index (κ3) is 10.5. The van der Waals surface area contributed by atoms with Crippen molar-refractivity contribution in [2.24, 2.45) is 16.8 Å². The summed E-state index contributed by atoms with van der Waals surface area (Å²) in [6.45, 7) is 20.5. The van der Waals surface area contributed by atoms with Gasteiger partial charge >= 0.3 is 5.97 Å². The lowest BCUT2D eigenvalue weighted by Crippen LogP contribution is -2.59. The topological polar surface area (TPSA) is 104 Å². The molecule has 44 heavy (non-hydrogen) atoms. The van der Waals surface area contributed by atoms with Crippen molar-refractivity contribution in [2.75, 3.05) is 33.4 Å². The van der Waals surface area contributed by atoms with Crippen molar-refractivity contribution in [3.05, 3.63) is 28.8 Å². The molecule has 10 heteroatoms. The molecule has 0 aromatic heterocycles. The third-order valence-corrected chi connectivity index (χ3v) is 8.95. The molecular weight excluding hydrogens is 558 g/mol. The summed E-state index contributed by atoms with van der Waals surface area (Å²) in [7, 11) is 1.97. The smallest absolute Gasteiger partial charge is 0.356 e. The predicted octanol–water partition coefficient (Wildman–Crippen LogP) is 5.81. The van der Waals surface area contributed by atoms with Crippen molar-refractivity contribution in [3.63, 3.8) is 0 Å². The fourth-order valence-corrected chi connectivity index (χ4v) is 6.07. The van der Waals surface area contributed by atoms with Crippen LogP contribution in [0.1, 0.15) is 106 Å². The van der Waals surface area contributed by atoms with Gasteiger partial charge in [-0.05, 0) is 70.1 Å². The lowest BCUT2D eigenvalue weighted by molar-refractivity contribution is -0.666. The molecule has 0 radical (unpaired) electrons. The van der Waals surface area contributed by atoms with Gasteiger partial charge in [-0.25, -0.2) is 14.7 Å². The molecule has 0 aliphatic carbocycles. The number of carbonyl (C=O) groups excluding carboxylic acids is 2. The minimum Gasteiger partial charge on any atom is -0.461 e. The van der Waals surface area contributed by atoms with E-state index >= 15 is 0 Å². The standard InChI is InChI=1S/C34H60N5O5/c1-10-14-15-17-21-38(33(40)32(25(7)11-2)36-39(42)30-19-16-18-20-37(30)9)28(24(5)6)23-29(43-12-3)31-26(8)22-27(35-31)34(41)44-13-4/h22,24-25,28-30,32H,8,10-21,23H2,1-7,9H3,(H,36,42)/q+1/t25-,28+,29+,30-,32-/m0/s1. The fraction of sp³-hybridized carbons (Fsp3) is 0.794. The van der Waals surface area contributed by atoms with Crippen LogP contribution in [0.3, 0.4) is 0 Å². The Kier molecular flexibility index (Phi) is 16.3. The monoisotopic (exact) mass is 618 g/mol. The van der Waals surface area contributed by atoms with E-state index in [2.05, 4.69) is 49.6 Å². The Morgan fingerprint density at radius 2 is 1.86 bits per heavy atom. The Hall–Kier alpha value is -2.59. The van der Waals surface area contributed by atoms with Crippen molar-refractivity contribution in [1.29, 1.82) is 0 Å². The molecule has 250 valence electrons. The first kappa shape index (κ1) is 37.6. The van der Waals surface area contributed by atoms with Crippen molar-refractivity contribution in [1.82, 2.24) is 15.2 Å². The SMILES string of the molecule is C=C1C=C(C(=O)OCC)N=C1[C@@H](C[C@H](C(C)C)N(CCCCCC)C(=O)[C@@H](N[N+](=O)[C@H]1CCCCN1C)[C@@H](C)CC)OCC. The zero-order valence-corrected chi connectivity index (χ0v) is 28.8. The second-order valence-electron chi connectivity index (χ2n) is 12.6. The quantitative estimate of drug-likeness (QED) is 0.0795. The van der Waals surface area contributed by atoms with Crippen LogP contribution in [0.25, 0.3) is 0 Å². The number of nitroso groups, excluding NO2 is 1. The molecule has 2 rings (SSSR count). The van der Waals surface area contributed by atoms with Crippen LogP contribution in [-0.4, -0.2) is 90.0 Å². The molecule has 1 saturated heterocycles. The van der Waals surface area contributed by atoms with E-state index in [0.29, 0.717) is 30.9 Å². The van der Waals surface area contributed by atoms with E-state index in [1.807, 2.05) is 25.8 Å².